The van der Waals surface area contributed by atoms with E-state index in [0.717, 1.165) is 25.2 Å². The number of halogens is 5. The van der Waals surface area contributed by atoms with E-state index in [2.05, 4.69) is 21.6 Å². The lowest BCUT2D eigenvalue weighted by Crippen LogP contribution is -2.80. The van der Waals surface area contributed by atoms with Crippen LogP contribution in [0.2, 0.25) is 0 Å². The largest absolute Gasteiger partial charge is 0.743 e. The molecule has 1 aromatic carbocycles. The number of carbonyl (C=O) groups excluding carboxylic acids is 1. The number of hydrogen-bond donors (Lipinski definition) is 1. The van der Waals surface area contributed by atoms with Crippen LogP contribution in [0.5, 0.6) is 0 Å². The summed E-state index contributed by atoms with van der Waals surface area (Å²) in [5.41, 5.74) is -0.0784. The predicted octanol–water partition coefficient (Wildman–Crippen LogP) is 1.15. The van der Waals surface area contributed by atoms with Gasteiger partial charge in [-0.25, -0.2) is 18.2 Å². The van der Waals surface area contributed by atoms with Crippen molar-refractivity contribution in [3.8, 4) is 0 Å². The van der Waals surface area contributed by atoms with Crippen LogP contribution in [-0.2, 0) is 14.9 Å². The summed E-state index contributed by atoms with van der Waals surface area (Å²) in [5.74, 6) is -1.87. The molecule has 0 amide bonds. The molecule has 1 heterocycles. The second-order valence-corrected chi connectivity index (χ2v) is 6.70. The third-order valence-corrected chi connectivity index (χ3v) is 4.06. The van der Waals surface area contributed by atoms with Crippen molar-refractivity contribution in [2.45, 2.75) is 17.5 Å². The van der Waals surface area contributed by atoms with E-state index < -0.39 is 39.2 Å². The summed E-state index contributed by atoms with van der Waals surface area (Å²) in [6.45, 7) is 5.55. The molecule has 1 unspecified atom stereocenters. The fraction of sp³-hybridized carbons (Fsp3) is 0.333. The molecule has 2 rings (SSSR count). The van der Waals surface area contributed by atoms with Gasteiger partial charge in [0.25, 0.3) is 6.10 Å². The van der Waals surface area contributed by atoms with E-state index in [1.165, 1.54) is 18.2 Å². The van der Waals surface area contributed by atoms with Gasteiger partial charge in [-0.15, -0.1) is 0 Å². The lowest BCUT2D eigenvalue weighted by Gasteiger charge is -2.29. The second kappa shape index (κ2) is 9.21. The van der Waals surface area contributed by atoms with Crippen molar-refractivity contribution >= 4 is 28.5 Å². The molecule has 0 aliphatic carbocycles. The molecule has 0 saturated heterocycles. The Labute approximate surface area is 156 Å². The summed E-state index contributed by atoms with van der Waals surface area (Å²) in [4.78, 5) is 15.4. The van der Waals surface area contributed by atoms with E-state index in [1.54, 1.807) is 0 Å². The Morgan fingerprint density at radius 3 is 2.14 bits per heavy atom. The molecule has 1 aliphatic rings. The first-order chi connectivity index (χ1) is 12.8. The first kappa shape index (κ1) is 23.7. The van der Waals surface area contributed by atoms with E-state index >= 15 is 0 Å². The summed E-state index contributed by atoms with van der Waals surface area (Å²) in [6, 6.07) is 4.37. The average molecular weight is 430 g/mol. The SMILES string of the molecule is C1=NCC[NH2+]1.C=Cc1ccc(C(=O)OC(C(F)(F)F)C(F)(F)S(=O)(=O)[O-])cc1. The Hall–Kier alpha value is -2.38. The maximum Gasteiger partial charge on any atom is 0.432 e. The highest BCUT2D eigenvalue weighted by atomic mass is 32.2. The first-order valence-corrected chi connectivity index (χ1v) is 8.86. The Balaban J connectivity index is 0.000000674. The topological polar surface area (TPSA) is 112 Å². The van der Waals surface area contributed by atoms with Crippen molar-refractivity contribution in [1.29, 1.82) is 0 Å². The van der Waals surface area contributed by atoms with Gasteiger partial charge in [0.05, 0.1) is 12.1 Å². The van der Waals surface area contributed by atoms with Gasteiger partial charge in [-0.3, -0.25) is 0 Å². The quantitative estimate of drug-likeness (QED) is 0.428. The van der Waals surface area contributed by atoms with Crippen LogP contribution >= 0.6 is 0 Å². The minimum Gasteiger partial charge on any atom is -0.743 e. The molecule has 28 heavy (non-hydrogen) atoms. The van der Waals surface area contributed by atoms with E-state index in [0.29, 0.717) is 5.56 Å². The van der Waals surface area contributed by atoms with E-state index in [1.807, 2.05) is 6.34 Å². The third kappa shape index (κ3) is 6.35. The molecule has 1 atom stereocenters. The van der Waals surface area contributed by atoms with Crippen LogP contribution in [-0.4, -0.2) is 55.9 Å². The number of benzene rings is 1. The average Bonchev–Trinajstić information content (AvgIpc) is 3.17. The molecule has 0 aromatic heterocycles. The van der Waals surface area contributed by atoms with Gasteiger partial charge in [-0.1, -0.05) is 24.8 Å². The molecule has 7 nitrogen and oxygen atoms in total. The summed E-state index contributed by atoms with van der Waals surface area (Å²) in [6.07, 6.45) is -7.20. The van der Waals surface area contributed by atoms with Crippen LogP contribution in [0.3, 0.4) is 0 Å². The van der Waals surface area contributed by atoms with Gasteiger partial charge in [-0.2, -0.15) is 22.0 Å². The number of quaternary nitrogens is 1. The van der Waals surface area contributed by atoms with Crippen molar-refractivity contribution in [2.24, 2.45) is 4.99 Å². The molecule has 13 heteroatoms. The van der Waals surface area contributed by atoms with Crippen LogP contribution in [0.1, 0.15) is 15.9 Å². The van der Waals surface area contributed by atoms with E-state index in [9.17, 15) is 39.7 Å². The molecule has 2 N–H and O–H groups in total. The number of nitrogens with zero attached hydrogens (tertiary/aromatic N) is 1. The Kier molecular flexibility index (Phi) is 7.78. The third-order valence-electron chi connectivity index (χ3n) is 3.18. The predicted molar refractivity (Wildman–Crippen MR) is 86.6 cm³/mol. The van der Waals surface area contributed by atoms with Crippen LogP contribution in [0.25, 0.3) is 6.08 Å². The van der Waals surface area contributed by atoms with Crippen molar-refractivity contribution < 1.29 is 49.8 Å². The maximum absolute atomic E-state index is 13.2. The second-order valence-electron chi connectivity index (χ2n) is 5.25. The minimum absolute atomic E-state index is 0.474. The molecule has 156 valence electrons. The number of alkyl halides is 5. The molecule has 0 fully saturated rings. The first-order valence-electron chi connectivity index (χ1n) is 7.45. The normalized spacial score (nSPS) is 15.4. The zero-order chi connectivity index (χ0) is 21.6. The zero-order valence-electron chi connectivity index (χ0n) is 14.0. The lowest BCUT2D eigenvalue weighted by atomic mass is 10.1. The van der Waals surface area contributed by atoms with E-state index in [-0.39, 0.29) is 0 Å². The molecule has 1 aliphatic heterocycles. The Morgan fingerprint density at radius 2 is 1.82 bits per heavy atom. The Bertz CT molecular complexity index is 816. The van der Waals surface area contributed by atoms with Crippen molar-refractivity contribution in [3.63, 3.8) is 0 Å². The maximum atomic E-state index is 13.2. The van der Waals surface area contributed by atoms with Crippen molar-refractivity contribution in [1.82, 2.24) is 0 Å². The lowest BCUT2D eigenvalue weighted by molar-refractivity contribution is -0.518. The van der Waals surface area contributed by atoms with E-state index in [4.69, 9.17) is 0 Å². The fourth-order valence-corrected chi connectivity index (χ4v) is 2.20. The molecular weight excluding hydrogens is 415 g/mol. The van der Waals surface area contributed by atoms with Crippen LogP contribution in [0.4, 0.5) is 22.0 Å². The number of hydrogen-bond acceptors (Lipinski definition) is 6. The highest BCUT2D eigenvalue weighted by Gasteiger charge is 2.63. The number of ether oxygens (including phenoxy) is 1. The van der Waals surface area contributed by atoms with Gasteiger partial charge >= 0.3 is 17.4 Å². The van der Waals surface area contributed by atoms with Crippen LogP contribution < -0.4 is 5.32 Å². The van der Waals surface area contributed by atoms with Crippen molar-refractivity contribution in [2.75, 3.05) is 13.1 Å². The molecule has 0 bridgehead atoms. The summed E-state index contributed by atoms with van der Waals surface area (Å²) < 4.78 is 98.6. The molecule has 0 spiro atoms. The monoisotopic (exact) mass is 430 g/mol. The van der Waals surface area contributed by atoms with Gasteiger partial charge in [0.15, 0.2) is 16.5 Å². The standard InChI is InChI=1S/C12H9F5O5S.C3H6N2/c1-2-7-3-5-8(6-4-7)9(18)22-10(11(13,14)15)12(16,17)23(19,20)21;1-2-5-3-4-1/h2-6,10H,1H2,(H,19,20,21);3H,1-2H2,(H,4,5). The number of esters is 1. The van der Waals surface area contributed by atoms with Gasteiger partial charge in [-0.05, 0) is 17.7 Å². The number of carbonyl (C=O) groups is 1. The summed E-state index contributed by atoms with van der Waals surface area (Å²) in [5, 5.41) is -3.80. The molecular formula is C15H15F5N2O5S. The summed E-state index contributed by atoms with van der Waals surface area (Å²) >= 11 is 0. The highest BCUT2D eigenvalue weighted by molar-refractivity contribution is 7.86. The van der Waals surface area contributed by atoms with Crippen LogP contribution in [0.15, 0.2) is 35.8 Å². The zero-order valence-corrected chi connectivity index (χ0v) is 14.8. The molecule has 1 aromatic rings. The van der Waals surface area contributed by atoms with Gasteiger partial charge in [0.1, 0.15) is 6.54 Å². The van der Waals surface area contributed by atoms with Gasteiger partial charge in [0.2, 0.25) is 0 Å². The summed E-state index contributed by atoms with van der Waals surface area (Å²) in [7, 11) is -6.72. The smallest absolute Gasteiger partial charge is 0.432 e. The minimum atomic E-state index is -6.72. The van der Waals surface area contributed by atoms with Crippen LogP contribution in [0, 0.1) is 0 Å². The molecule has 0 saturated carbocycles. The Morgan fingerprint density at radius 1 is 1.25 bits per heavy atom. The molecule has 0 radical (unpaired) electrons. The highest BCUT2D eigenvalue weighted by Crippen LogP contribution is 2.38. The number of aliphatic imine (C=N–C) groups is 1. The van der Waals surface area contributed by atoms with Crippen molar-refractivity contribution in [3.05, 3.63) is 42.0 Å². The van der Waals surface area contributed by atoms with Gasteiger partial charge < -0.3 is 14.6 Å². The number of rotatable bonds is 5. The fourth-order valence-electron chi connectivity index (χ4n) is 1.76. The number of nitrogens with two attached hydrogens (primary N) is 1. The van der Waals surface area contributed by atoms with Gasteiger partial charge in [0, 0.05) is 0 Å².